The highest BCUT2D eigenvalue weighted by Gasteiger charge is 2.18. The molecular weight excluding hydrogens is 228 g/mol. The zero-order chi connectivity index (χ0) is 13.8. The summed E-state index contributed by atoms with van der Waals surface area (Å²) in [7, 11) is 0. The van der Waals surface area contributed by atoms with Gasteiger partial charge in [-0.2, -0.15) is 0 Å². The largest absolute Gasteiger partial charge is 0.396 e. The van der Waals surface area contributed by atoms with E-state index in [0.717, 1.165) is 13.0 Å². The van der Waals surface area contributed by atoms with Gasteiger partial charge in [0.2, 0.25) is 5.91 Å². The van der Waals surface area contributed by atoms with Crippen molar-refractivity contribution in [2.24, 2.45) is 11.7 Å². The molecule has 0 rings (SSSR count). The molecule has 4 heteroatoms. The Balaban J connectivity index is 4.02. The highest BCUT2D eigenvalue weighted by Crippen LogP contribution is 2.07. The smallest absolute Gasteiger partial charge is 0.226 e. The van der Waals surface area contributed by atoms with Gasteiger partial charge in [-0.15, -0.1) is 0 Å². The Labute approximate surface area is 112 Å². The Kier molecular flexibility index (Phi) is 11.1. The van der Waals surface area contributed by atoms with Gasteiger partial charge in [0.1, 0.15) is 0 Å². The number of amides is 1. The van der Waals surface area contributed by atoms with E-state index in [0.29, 0.717) is 19.5 Å². The Morgan fingerprint density at radius 3 is 2.33 bits per heavy atom. The zero-order valence-corrected chi connectivity index (χ0v) is 12.0. The summed E-state index contributed by atoms with van der Waals surface area (Å²) in [6.07, 6.45) is 6.62. The number of nitrogens with two attached hydrogens (primary N) is 1. The minimum atomic E-state index is -0.112. The van der Waals surface area contributed by atoms with Crippen molar-refractivity contribution >= 4 is 5.91 Å². The summed E-state index contributed by atoms with van der Waals surface area (Å²) >= 11 is 0. The molecule has 0 aromatic heterocycles. The predicted molar refractivity (Wildman–Crippen MR) is 75.3 cm³/mol. The molecule has 0 fully saturated rings. The molecule has 0 aliphatic carbocycles. The maximum absolute atomic E-state index is 12.1. The van der Waals surface area contributed by atoms with Crippen molar-refractivity contribution in [3.63, 3.8) is 0 Å². The molecule has 1 atom stereocenters. The van der Waals surface area contributed by atoms with E-state index in [1.54, 1.807) is 0 Å². The average molecular weight is 258 g/mol. The quantitative estimate of drug-likeness (QED) is 0.555. The molecule has 1 amide bonds. The van der Waals surface area contributed by atoms with Crippen LogP contribution < -0.4 is 5.73 Å². The fourth-order valence-corrected chi connectivity index (χ4v) is 1.91. The van der Waals surface area contributed by atoms with Crippen LogP contribution in [0.5, 0.6) is 0 Å². The summed E-state index contributed by atoms with van der Waals surface area (Å²) in [4.78, 5) is 13.9. The van der Waals surface area contributed by atoms with Crippen LogP contribution in [0.1, 0.15) is 52.4 Å². The van der Waals surface area contributed by atoms with Crippen molar-refractivity contribution in [3.05, 3.63) is 0 Å². The van der Waals surface area contributed by atoms with Gasteiger partial charge in [-0.3, -0.25) is 4.79 Å². The highest BCUT2D eigenvalue weighted by molar-refractivity contribution is 5.78. The highest BCUT2D eigenvalue weighted by atomic mass is 16.3. The van der Waals surface area contributed by atoms with Gasteiger partial charge in [0, 0.05) is 32.2 Å². The first-order chi connectivity index (χ1) is 8.67. The van der Waals surface area contributed by atoms with Crippen molar-refractivity contribution in [2.75, 3.05) is 26.2 Å². The van der Waals surface area contributed by atoms with E-state index in [4.69, 9.17) is 10.8 Å². The van der Waals surface area contributed by atoms with Crippen LogP contribution in [0.25, 0.3) is 0 Å². The summed E-state index contributed by atoms with van der Waals surface area (Å²) in [5.74, 6) is 0.0146. The maximum atomic E-state index is 12.1. The zero-order valence-electron chi connectivity index (χ0n) is 12.0. The summed E-state index contributed by atoms with van der Waals surface area (Å²) < 4.78 is 0. The standard InChI is InChI=1S/C14H30N2O2/c1-3-4-5-6-7-9-16(10-8-11-17)14(18)13(2)12-15/h13,17H,3-12,15H2,1-2H3. The SMILES string of the molecule is CCCCCCCN(CCCO)C(=O)C(C)CN. The maximum Gasteiger partial charge on any atom is 0.226 e. The van der Waals surface area contributed by atoms with E-state index in [-0.39, 0.29) is 18.4 Å². The van der Waals surface area contributed by atoms with Crippen LogP contribution in [-0.4, -0.2) is 42.2 Å². The van der Waals surface area contributed by atoms with Gasteiger partial charge in [0.25, 0.3) is 0 Å². The Morgan fingerprint density at radius 2 is 1.78 bits per heavy atom. The van der Waals surface area contributed by atoms with E-state index >= 15 is 0 Å². The van der Waals surface area contributed by atoms with Crippen LogP contribution in [0.15, 0.2) is 0 Å². The van der Waals surface area contributed by atoms with Gasteiger partial charge in [-0.05, 0) is 12.8 Å². The molecule has 0 aromatic carbocycles. The number of nitrogens with zero attached hydrogens (tertiary/aromatic N) is 1. The lowest BCUT2D eigenvalue weighted by atomic mass is 10.1. The monoisotopic (exact) mass is 258 g/mol. The molecule has 0 aliphatic rings. The van der Waals surface area contributed by atoms with Gasteiger partial charge in [-0.25, -0.2) is 0 Å². The molecule has 108 valence electrons. The topological polar surface area (TPSA) is 66.6 Å². The third-order valence-electron chi connectivity index (χ3n) is 3.20. The number of hydrogen-bond acceptors (Lipinski definition) is 3. The summed E-state index contributed by atoms with van der Waals surface area (Å²) in [6.45, 7) is 6.03. The van der Waals surface area contributed by atoms with Crippen molar-refractivity contribution < 1.29 is 9.90 Å². The van der Waals surface area contributed by atoms with Gasteiger partial charge < -0.3 is 15.7 Å². The minimum absolute atomic E-state index is 0.112. The van der Waals surface area contributed by atoms with Crippen LogP contribution in [-0.2, 0) is 4.79 Å². The number of aliphatic hydroxyl groups is 1. The molecule has 0 aliphatic heterocycles. The molecule has 1 unspecified atom stereocenters. The van der Waals surface area contributed by atoms with Crippen molar-refractivity contribution in [3.8, 4) is 0 Å². The number of unbranched alkanes of at least 4 members (excludes halogenated alkanes) is 4. The molecule has 0 bridgehead atoms. The predicted octanol–water partition coefficient (Wildman–Crippen LogP) is 1.76. The number of carbonyl (C=O) groups is 1. The van der Waals surface area contributed by atoms with E-state index in [1.165, 1.54) is 25.7 Å². The van der Waals surface area contributed by atoms with Gasteiger partial charge >= 0.3 is 0 Å². The van der Waals surface area contributed by atoms with Crippen molar-refractivity contribution in [1.82, 2.24) is 4.90 Å². The first kappa shape index (κ1) is 17.4. The van der Waals surface area contributed by atoms with Crippen LogP contribution >= 0.6 is 0 Å². The number of hydrogen-bond donors (Lipinski definition) is 2. The second kappa shape index (κ2) is 11.5. The van der Waals surface area contributed by atoms with Crippen molar-refractivity contribution in [2.45, 2.75) is 52.4 Å². The third-order valence-corrected chi connectivity index (χ3v) is 3.20. The first-order valence-electron chi connectivity index (χ1n) is 7.27. The molecule has 18 heavy (non-hydrogen) atoms. The van der Waals surface area contributed by atoms with E-state index < -0.39 is 0 Å². The summed E-state index contributed by atoms with van der Waals surface area (Å²) in [5, 5.41) is 8.87. The van der Waals surface area contributed by atoms with Crippen LogP contribution in [0.2, 0.25) is 0 Å². The molecular formula is C14H30N2O2. The molecule has 0 aromatic rings. The fraction of sp³-hybridized carbons (Fsp3) is 0.929. The van der Waals surface area contributed by atoms with Crippen LogP contribution in [0.3, 0.4) is 0 Å². The van der Waals surface area contributed by atoms with Gasteiger partial charge in [-0.1, -0.05) is 39.5 Å². The number of aliphatic hydroxyl groups excluding tert-OH is 1. The molecule has 0 spiro atoms. The second-order valence-electron chi connectivity index (χ2n) is 4.95. The average Bonchev–Trinajstić information content (AvgIpc) is 2.40. The molecule has 0 heterocycles. The number of rotatable bonds is 11. The molecule has 0 saturated carbocycles. The number of carbonyl (C=O) groups excluding carboxylic acids is 1. The van der Waals surface area contributed by atoms with Crippen LogP contribution in [0.4, 0.5) is 0 Å². The van der Waals surface area contributed by atoms with Gasteiger partial charge in [0.15, 0.2) is 0 Å². The van der Waals surface area contributed by atoms with Crippen LogP contribution in [0, 0.1) is 5.92 Å². The van der Waals surface area contributed by atoms with E-state index in [1.807, 2.05) is 11.8 Å². The lowest BCUT2D eigenvalue weighted by molar-refractivity contribution is -0.134. The first-order valence-corrected chi connectivity index (χ1v) is 7.27. The third kappa shape index (κ3) is 7.67. The van der Waals surface area contributed by atoms with E-state index in [2.05, 4.69) is 6.92 Å². The molecule has 0 radical (unpaired) electrons. The molecule has 0 saturated heterocycles. The second-order valence-corrected chi connectivity index (χ2v) is 4.95. The fourth-order valence-electron chi connectivity index (χ4n) is 1.91. The summed E-state index contributed by atoms with van der Waals surface area (Å²) in [5.41, 5.74) is 5.54. The molecule has 4 nitrogen and oxygen atoms in total. The Hall–Kier alpha value is -0.610. The normalized spacial score (nSPS) is 12.4. The lowest BCUT2D eigenvalue weighted by Gasteiger charge is -2.25. The van der Waals surface area contributed by atoms with Crippen molar-refractivity contribution in [1.29, 1.82) is 0 Å². The van der Waals surface area contributed by atoms with E-state index in [9.17, 15) is 4.79 Å². The minimum Gasteiger partial charge on any atom is -0.396 e. The summed E-state index contributed by atoms with van der Waals surface area (Å²) in [6, 6.07) is 0. The Bertz CT molecular complexity index is 210. The molecule has 3 N–H and O–H groups in total. The lowest BCUT2D eigenvalue weighted by Crippen LogP contribution is -2.39. The Morgan fingerprint density at radius 1 is 1.17 bits per heavy atom. The van der Waals surface area contributed by atoms with Gasteiger partial charge in [0.05, 0.1) is 0 Å².